The molecule has 2 N–H and O–H groups in total. The summed E-state index contributed by atoms with van der Waals surface area (Å²) in [5.74, 6) is 0.766. The van der Waals surface area contributed by atoms with Crippen LogP contribution in [-0.2, 0) is 12.0 Å². The lowest BCUT2D eigenvalue weighted by Crippen LogP contribution is -2.10. The van der Waals surface area contributed by atoms with Gasteiger partial charge in [-0.15, -0.1) is 5.10 Å². The van der Waals surface area contributed by atoms with Crippen LogP contribution in [0.5, 0.6) is 10.9 Å². The highest BCUT2D eigenvalue weighted by Crippen LogP contribution is 2.28. The van der Waals surface area contributed by atoms with Crippen LogP contribution in [0, 0.1) is 0 Å². The smallest absolute Gasteiger partial charge is 0.299 e. The van der Waals surface area contributed by atoms with Crippen molar-refractivity contribution >= 4 is 11.3 Å². The van der Waals surface area contributed by atoms with E-state index in [1.165, 1.54) is 16.9 Å². The second-order valence-corrected chi connectivity index (χ2v) is 6.07. The van der Waals surface area contributed by atoms with Crippen molar-refractivity contribution < 1.29 is 4.74 Å². The highest BCUT2D eigenvalue weighted by Gasteiger charge is 2.13. The molecule has 2 rings (SSSR count). The molecule has 0 spiro atoms. The summed E-state index contributed by atoms with van der Waals surface area (Å²) < 4.78 is 5.62. The summed E-state index contributed by atoms with van der Waals surface area (Å²) >= 11 is 1.37. The van der Waals surface area contributed by atoms with Crippen molar-refractivity contribution in [3.63, 3.8) is 0 Å². The van der Waals surface area contributed by atoms with E-state index in [1.807, 2.05) is 12.1 Å². The number of rotatable bonds is 3. The second-order valence-electron chi connectivity index (χ2n) is 5.04. The number of ether oxygens (including phenoxy) is 1. The molecule has 1 aromatic carbocycles. The lowest BCUT2D eigenvalue weighted by molar-refractivity contribution is 0.472. The average Bonchev–Trinajstić information content (AvgIpc) is 2.76. The Labute approximate surface area is 111 Å². The van der Waals surface area contributed by atoms with Crippen LogP contribution in [0.25, 0.3) is 0 Å². The van der Waals surface area contributed by atoms with Gasteiger partial charge in [-0.05, 0) is 23.1 Å². The van der Waals surface area contributed by atoms with E-state index in [4.69, 9.17) is 10.5 Å². The first kappa shape index (κ1) is 13.0. The molecule has 5 heteroatoms. The van der Waals surface area contributed by atoms with Crippen LogP contribution in [0.1, 0.15) is 31.3 Å². The first-order valence-electron chi connectivity index (χ1n) is 5.80. The largest absolute Gasteiger partial charge is 0.430 e. The maximum atomic E-state index is 5.62. The van der Waals surface area contributed by atoms with Crippen molar-refractivity contribution in [2.24, 2.45) is 5.73 Å². The molecule has 1 heterocycles. The van der Waals surface area contributed by atoms with Gasteiger partial charge in [-0.3, -0.25) is 0 Å². The van der Waals surface area contributed by atoms with Crippen molar-refractivity contribution in [2.45, 2.75) is 32.7 Å². The summed E-state index contributed by atoms with van der Waals surface area (Å²) in [5.41, 5.74) is 6.90. The van der Waals surface area contributed by atoms with Gasteiger partial charge in [0.25, 0.3) is 5.19 Å². The van der Waals surface area contributed by atoms with Crippen LogP contribution in [0.15, 0.2) is 24.3 Å². The van der Waals surface area contributed by atoms with Gasteiger partial charge in [-0.2, -0.15) is 0 Å². The molecule has 0 fully saturated rings. The normalized spacial score (nSPS) is 11.6. The molecular formula is C13H17N3OS. The molecule has 0 bridgehead atoms. The van der Waals surface area contributed by atoms with E-state index in [9.17, 15) is 0 Å². The number of nitrogens with zero attached hydrogens (tertiary/aromatic N) is 2. The van der Waals surface area contributed by atoms with Crippen LogP contribution in [0.3, 0.4) is 0 Å². The van der Waals surface area contributed by atoms with Crippen LogP contribution in [-0.4, -0.2) is 10.2 Å². The van der Waals surface area contributed by atoms with E-state index in [-0.39, 0.29) is 5.41 Å². The van der Waals surface area contributed by atoms with Crippen molar-refractivity contribution in [2.75, 3.05) is 0 Å². The van der Waals surface area contributed by atoms with Crippen molar-refractivity contribution in [3.05, 3.63) is 34.8 Å². The number of benzene rings is 1. The fourth-order valence-electron chi connectivity index (χ4n) is 1.49. The van der Waals surface area contributed by atoms with Gasteiger partial charge in [-0.1, -0.05) is 49.3 Å². The molecule has 0 aliphatic rings. The second kappa shape index (κ2) is 5.04. The third-order valence-electron chi connectivity index (χ3n) is 2.55. The molecule has 0 radical (unpaired) electrons. The predicted molar refractivity (Wildman–Crippen MR) is 73.0 cm³/mol. The molecule has 0 amide bonds. The molecule has 0 aliphatic heterocycles. The standard InChI is InChI=1S/C13H17N3OS/c1-13(2,3)9-4-6-10(7-5-9)17-12-16-15-11(8-14)18-12/h4-7H,8,14H2,1-3H3. The van der Waals surface area contributed by atoms with Crippen LogP contribution < -0.4 is 10.5 Å². The van der Waals surface area contributed by atoms with Gasteiger partial charge in [0, 0.05) is 6.54 Å². The molecule has 1 aromatic heterocycles. The van der Waals surface area contributed by atoms with E-state index in [1.54, 1.807) is 0 Å². The Hall–Kier alpha value is -1.46. The highest BCUT2D eigenvalue weighted by molar-refractivity contribution is 7.13. The summed E-state index contributed by atoms with van der Waals surface area (Å²) in [4.78, 5) is 0. The van der Waals surface area contributed by atoms with Gasteiger partial charge in [0.1, 0.15) is 10.8 Å². The zero-order chi connectivity index (χ0) is 13.2. The lowest BCUT2D eigenvalue weighted by Gasteiger charge is -2.18. The van der Waals surface area contributed by atoms with Crippen molar-refractivity contribution in [1.82, 2.24) is 10.2 Å². The number of aromatic nitrogens is 2. The molecule has 0 atom stereocenters. The van der Waals surface area contributed by atoms with E-state index < -0.39 is 0 Å². The fourth-order valence-corrected chi connectivity index (χ4v) is 2.07. The lowest BCUT2D eigenvalue weighted by atomic mass is 9.87. The Kier molecular flexibility index (Phi) is 3.63. The summed E-state index contributed by atoms with van der Waals surface area (Å²) in [6.45, 7) is 6.94. The summed E-state index contributed by atoms with van der Waals surface area (Å²) in [6.07, 6.45) is 0. The SMILES string of the molecule is CC(C)(C)c1ccc(Oc2nnc(CN)s2)cc1. The maximum Gasteiger partial charge on any atom is 0.299 e. The first-order valence-corrected chi connectivity index (χ1v) is 6.61. The predicted octanol–water partition coefficient (Wildman–Crippen LogP) is 3.09. The van der Waals surface area contributed by atoms with Gasteiger partial charge < -0.3 is 10.5 Å². The van der Waals surface area contributed by atoms with Gasteiger partial charge >= 0.3 is 0 Å². The van der Waals surface area contributed by atoms with Gasteiger partial charge in [0.2, 0.25) is 0 Å². The van der Waals surface area contributed by atoms with E-state index >= 15 is 0 Å². The van der Waals surface area contributed by atoms with Gasteiger partial charge in [-0.25, -0.2) is 0 Å². The molecule has 0 aliphatic carbocycles. The molecule has 0 unspecified atom stereocenters. The van der Waals surface area contributed by atoms with E-state index in [2.05, 4.69) is 43.1 Å². The van der Waals surface area contributed by atoms with Crippen LogP contribution in [0.4, 0.5) is 0 Å². The fraction of sp³-hybridized carbons (Fsp3) is 0.385. The Morgan fingerprint density at radius 2 is 1.83 bits per heavy atom. The third kappa shape index (κ3) is 3.05. The minimum absolute atomic E-state index is 0.147. The molecule has 0 saturated carbocycles. The summed E-state index contributed by atoms with van der Waals surface area (Å²) in [7, 11) is 0. The molecular weight excluding hydrogens is 246 g/mol. The van der Waals surface area contributed by atoms with Crippen LogP contribution >= 0.6 is 11.3 Å². The Morgan fingerprint density at radius 1 is 1.17 bits per heavy atom. The van der Waals surface area contributed by atoms with Crippen LogP contribution in [0.2, 0.25) is 0 Å². The topological polar surface area (TPSA) is 61.0 Å². The number of hydrogen-bond acceptors (Lipinski definition) is 5. The monoisotopic (exact) mass is 263 g/mol. The Bertz CT molecular complexity index is 514. The molecule has 18 heavy (non-hydrogen) atoms. The van der Waals surface area contributed by atoms with E-state index in [0.29, 0.717) is 11.7 Å². The summed E-state index contributed by atoms with van der Waals surface area (Å²) in [6, 6.07) is 8.04. The Balaban J connectivity index is 2.11. The van der Waals surface area contributed by atoms with Crippen molar-refractivity contribution in [3.8, 4) is 10.9 Å². The molecule has 0 saturated heterocycles. The number of nitrogens with two attached hydrogens (primary N) is 1. The quantitative estimate of drug-likeness (QED) is 0.924. The average molecular weight is 263 g/mol. The first-order chi connectivity index (χ1) is 8.49. The number of hydrogen-bond donors (Lipinski definition) is 1. The highest BCUT2D eigenvalue weighted by atomic mass is 32.1. The van der Waals surface area contributed by atoms with Gasteiger partial charge in [0.05, 0.1) is 0 Å². The molecule has 2 aromatic rings. The Morgan fingerprint density at radius 3 is 2.33 bits per heavy atom. The minimum Gasteiger partial charge on any atom is -0.430 e. The molecule has 4 nitrogen and oxygen atoms in total. The molecule has 96 valence electrons. The maximum absolute atomic E-state index is 5.62. The minimum atomic E-state index is 0.147. The zero-order valence-corrected chi connectivity index (χ0v) is 11.6. The summed E-state index contributed by atoms with van der Waals surface area (Å²) in [5, 5.41) is 9.13. The zero-order valence-electron chi connectivity index (χ0n) is 10.8. The van der Waals surface area contributed by atoms with E-state index in [0.717, 1.165) is 10.8 Å². The van der Waals surface area contributed by atoms with Crippen molar-refractivity contribution in [1.29, 1.82) is 0 Å². The van der Waals surface area contributed by atoms with Gasteiger partial charge in [0.15, 0.2) is 0 Å². The third-order valence-corrected chi connectivity index (χ3v) is 3.37.